The molecule has 5 amide bonds. The van der Waals surface area contributed by atoms with Crippen LogP contribution in [0.15, 0.2) is 43.0 Å². The van der Waals surface area contributed by atoms with Crippen LogP contribution in [-0.2, 0) is 28.7 Å². The normalized spacial score (nSPS) is 20.9. The number of Topliss-reactive ketones (excluding diaryl/α,β-unsaturated/α-hetero) is 1. The Hall–Kier alpha value is -4.22. The van der Waals surface area contributed by atoms with Crippen LogP contribution in [0.5, 0.6) is 0 Å². The number of nitrogens with zero attached hydrogens (tertiary/aromatic N) is 1. The van der Waals surface area contributed by atoms with Gasteiger partial charge in [0.25, 0.3) is 5.91 Å². The minimum atomic E-state index is -1.17. The number of allylic oxidation sites excluding steroid dienone is 1. The quantitative estimate of drug-likeness (QED) is 0.187. The molecule has 3 rings (SSSR count). The fourth-order valence-corrected chi connectivity index (χ4v) is 6.14. The van der Waals surface area contributed by atoms with Crippen LogP contribution in [0.1, 0.15) is 74.7 Å². The van der Waals surface area contributed by atoms with Crippen molar-refractivity contribution in [3.8, 4) is 0 Å². The lowest BCUT2D eigenvalue weighted by Gasteiger charge is -2.38. The van der Waals surface area contributed by atoms with Crippen LogP contribution in [0.4, 0.5) is 10.5 Å². The number of hydrogen-bond acceptors (Lipinski definition) is 7. The SMILES string of the molecule is C=CCCC(NC(=O)[C@@H]1[C@@H]2[C@H](CN1C(=O)[C@@H](NC(=O)OC(C)(C)C)C(C)(C)C)C2(C)C)C(=O)C(=O)NCCC(=O)Nc1ccccc1. The molecule has 2 aliphatic rings. The van der Waals surface area contributed by atoms with Crippen molar-refractivity contribution >= 4 is 41.2 Å². The molecule has 1 saturated heterocycles. The standard InChI is InChI=1S/C35H51N5O7/c1-10-11-17-23(27(42)30(44)36-19-18-24(41)37-21-15-13-12-14-16-21)38-29(43)26-25-22(35(25,8)9)20-40(26)31(45)28(33(2,3)4)39-32(46)47-34(5,6)7/h10,12-16,22-23,25-26,28H,1,11,17-20H2,2-9H3,(H,36,44)(H,37,41)(H,38,43)(H,39,46)/t22-,23?,25-,26-,28+/m0/s1. The Morgan fingerprint density at radius 2 is 1.66 bits per heavy atom. The van der Waals surface area contributed by atoms with Crippen molar-refractivity contribution in [3.05, 3.63) is 43.0 Å². The van der Waals surface area contributed by atoms with Gasteiger partial charge in [-0.15, -0.1) is 6.58 Å². The number of nitrogens with one attached hydrogen (secondary N) is 4. The lowest BCUT2D eigenvalue weighted by molar-refractivity contribution is -0.145. The summed E-state index contributed by atoms with van der Waals surface area (Å²) in [6, 6.07) is 5.78. The van der Waals surface area contributed by atoms with Crippen LogP contribution >= 0.6 is 0 Å². The number of piperidine rings is 1. The molecule has 1 aromatic rings. The average Bonchev–Trinajstić information content (AvgIpc) is 3.27. The summed E-state index contributed by atoms with van der Waals surface area (Å²) >= 11 is 0. The lowest BCUT2D eigenvalue weighted by Crippen LogP contribution is -2.60. The Kier molecular flexibility index (Phi) is 11.6. The van der Waals surface area contributed by atoms with Gasteiger partial charge in [-0.2, -0.15) is 0 Å². The Labute approximate surface area is 277 Å². The summed E-state index contributed by atoms with van der Waals surface area (Å²) in [6.07, 6.45) is 1.26. The van der Waals surface area contributed by atoms with Gasteiger partial charge in [0.15, 0.2) is 0 Å². The maximum absolute atomic E-state index is 14.1. The van der Waals surface area contributed by atoms with Crippen molar-refractivity contribution in [3.63, 3.8) is 0 Å². The van der Waals surface area contributed by atoms with E-state index in [0.29, 0.717) is 18.7 Å². The van der Waals surface area contributed by atoms with Crippen molar-refractivity contribution in [2.45, 2.75) is 98.4 Å². The van der Waals surface area contributed by atoms with Crippen LogP contribution in [0.2, 0.25) is 0 Å². The van der Waals surface area contributed by atoms with Crippen LogP contribution in [-0.4, -0.2) is 77.2 Å². The molecule has 0 spiro atoms. The third-order valence-corrected chi connectivity index (χ3v) is 8.75. The molecule has 0 radical (unpaired) electrons. The number of amides is 5. The topological polar surface area (TPSA) is 163 Å². The summed E-state index contributed by atoms with van der Waals surface area (Å²) in [7, 11) is 0. The van der Waals surface area contributed by atoms with Crippen LogP contribution < -0.4 is 21.3 Å². The number of hydrogen-bond donors (Lipinski definition) is 4. The molecule has 258 valence electrons. The number of carbonyl (C=O) groups excluding carboxylic acids is 6. The number of rotatable bonds is 13. The van der Waals surface area contributed by atoms with Crippen molar-refractivity contribution in [2.75, 3.05) is 18.4 Å². The summed E-state index contributed by atoms with van der Waals surface area (Å²) in [6.45, 7) is 18.6. The third kappa shape index (κ3) is 9.65. The van der Waals surface area contributed by atoms with Gasteiger partial charge in [-0.25, -0.2) is 4.79 Å². The van der Waals surface area contributed by atoms with Crippen molar-refractivity contribution < 1.29 is 33.5 Å². The van der Waals surface area contributed by atoms with E-state index in [1.807, 2.05) is 40.7 Å². The van der Waals surface area contributed by atoms with E-state index in [0.717, 1.165) is 0 Å². The molecule has 5 atom stereocenters. The van der Waals surface area contributed by atoms with E-state index in [1.54, 1.807) is 51.1 Å². The summed E-state index contributed by atoms with van der Waals surface area (Å²) in [5.41, 5.74) is -1.09. The number of alkyl carbamates (subject to hydrolysis) is 1. The molecule has 0 bridgehead atoms. The molecule has 1 aromatic carbocycles. The first-order valence-electron chi connectivity index (χ1n) is 16.2. The van der Waals surface area contributed by atoms with Gasteiger partial charge in [0.2, 0.25) is 23.5 Å². The van der Waals surface area contributed by atoms with Crippen molar-refractivity contribution in [1.29, 1.82) is 0 Å². The van der Waals surface area contributed by atoms with Gasteiger partial charge in [0.1, 0.15) is 17.7 Å². The first-order valence-corrected chi connectivity index (χ1v) is 16.2. The molecular weight excluding hydrogens is 602 g/mol. The summed E-state index contributed by atoms with van der Waals surface area (Å²) in [4.78, 5) is 80.6. The molecule has 1 heterocycles. The molecule has 1 aliphatic carbocycles. The first-order chi connectivity index (χ1) is 21.8. The maximum Gasteiger partial charge on any atom is 0.408 e. The number of ketones is 1. The monoisotopic (exact) mass is 653 g/mol. The van der Waals surface area contributed by atoms with Gasteiger partial charge in [0, 0.05) is 25.2 Å². The van der Waals surface area contributed by atoms with Crippen molar-refractivity contribution in [2.24, 2.45) is 22.7 Å². The minimum absolute atomic E-state index is 0.0528. The van der Waals surface area contributed by atoms with Gasteiger partial charge in [-0.1, -0.05) is 58.9 Å². The first kappa shape index (κ1) is 37.2. The number of benzene rings is 1. The highest BCUT2D eigenvalue weighted by molar-refractivity contribution is 6.38. The molecule has 12 nitrogen and oxygen atoms in total. The smallest absolute Gasteiger partial charge is 0.408 e. The highest BCUT2D eigenvalue weighted by Gasteiger charge is 2.70. The fourth-order valence-electron chi connectivity index (χ4n) is 6.14. The molecular formula is C35H51N5O7. The number of carbonyl (C=O) groups is 6. The average molecular weight is 654 g/mol. The van der Waals surface area contributed by atoms with E-state index < -0.39 is 58.7 Å². The Morgan fingerprint density at radius 1 is 1.02 bits per heavy atom. The van der Waals surface area contributed by atoms with E-state index in [1.165, 1.54) is 4.90 Å². The van der Waals surface area contributed by atoms with Gasteiger partial charge in [0.05, 0.1) is 6.04 Å². The number of para-hydroxylation sites is 1. The zero-order chi connectivity index (χ0) is 35.3. The zero-order valence-electron chi connectivity index (χ0n) is 28.9. The molecule has 1 aliphatic heterocycles. The summed E-state index contributed by atoms with van der Waals surface area (Å²) < 4.78 is 5.41. The van der Waals surface area contributed by atoms with E-state index in [2.05, 4.69) is 27.8 Å². The largest absolute Gasteiger partial charge is 0.444 e. The highest BCUT2D eigenvalue weighted by atomic mass is 16.6. The van der Waals surface area contributed by atoms with Crippen LogP contribution in [0.25, 0.3) is 0 Å². The van der Waals surface area contributed by atoms with Crippen LogP contribution in [0.3, 0.4) is 0 Å². The van der Waals surface area contributed by atoms with Crippen molar-refractivity contribution in [1.82, 2.24) is 20.9 Å². The summed E-state index contributed by atoms with van der Waals surface area (Å²) in [5, 5.41) is 10.7. The second-order valence-electron chi connectivity index (χ2n) is 15.0. The van der Waals surface area contributed by atoms with E-state index in [9.17, 15) is 28.8 Å². The maximum atomic E-state index is 14.1. The number of likely N-dealkylation sites (tertiary alicyclic amines) is 1. The third-order valence-electron chi connectivity index (χ3n) is 8.75. The Bertz CT molecular complexity index is 1360. The van der Waals surface area contributed by atoms with Crippen LogP contribution in [0, 0.1) is 22.7 Å². The van der Waals surface area contributed by atoms with Gasteiger partial charge in [-0.05, 0) is 68.4 Å². The molecule has 2 fully saturated rings. The molecule has 0 aromatic heterocycles. The second kappa shape index (κ2) is 14.7. The number of fused-ring (bicyclic) bond motifs is 1. The minimum Gasteiger partial charge on any atom is -0.444 e. The van der Waals surface area contributed by atoms with Gasteiger partial charge in [-0.3, -0.25) is 24.0 Å². The van der Waals surface area contributed by atoms with E-state index >= 15 is 0 Å². The lowest BCUT2D eigenvalue weighted by atomic mass is 9.85. The predicted molar refractivity (Wildman–Crippen MR) is 178 cm³/mol. The number of ether oxygens (including phenoxy) is 1. The van der Waals surface area contributed by atoms with E-state index in [-0.39, 0.29) is 42.5 Å². The predicted octanol–water partition coefficient (Wildman–Crippen LogP) is 3.57. The zero-order valence-corrected chi connectivity index (χ0v) is 28.9. The Balaban J connectivity index is 1.72. The summed E-state index contributed by atoms with van der Waals surface area (Å²) in [5.74, 6) is -3.19. The highest BCUT2D eigenvalue weighted by Crippen LogP contribution is 2.65. The second-order valence-corrected chi connectivity index (χ2v) is 15.0. The number of anilines is 1. The molecule has 4 N–H and O–H groups in total. The van der Waals surface area contributed by atoms with Gasteiger partial charge >= 0.3 is 6.09 Å². The van der Waals surface area contributed by atoms with Gasteiger partial charge < -0.3 is 30.9 Å². The fraction of sp³-hybridized carbons (Fsp3) is 0.600. The van der Waals surface area contributed by atoms with E-state index in [4.69, 9.17) is 4.74 Å². The Morgan fingerprint density at radius 3 is 2.23 bits per heavy atom. The molecule has 12 heteroatoms. The molecule has 1 unspecified atom stereocenters. The molecule has 47 heavy (non-hydrogen) atoms. The molecule has 1 saturated carbocycles.